The molecule has 0 aliphatic heterocycles. The average molecular weight is 230 g/mol. The number of nitrogens with zero attached hydrogens (tertiary/aromatic N) is 2. The van der Waals surface area contributed by atoms with Crippen molar-refractivity contribution in [2.75, 3.05) is 11.9 Å². The van der Waals surface area contributed by atoms with Crippen molar-refractivity contribution >= 4 is 11.6 Å². The van der Waals surface area contributed by atoms with Crippen LogP contribution in [0, 0.1) is 5.41 Å². The van der Waals surface area contributed by atoms with E-state index in [9.17, 15) is 4.79 Å². The van der Waals surface area contributed by atoms with Crippen LogP contribution in [-0.2, 0) is 4.79 Å². The van der Waals surface area contributed by atoms with E-state index in [0.717, 1.165) is 17.9 Å². The number of rotatable bonds is 2. The molecule has 0 radical (unpaired) electrons. The largest absolute Gasteiger partial charge is 0.333 e. The van der Waals surface area contributed by atoms with Gasteiger partial charge < -0.3 is 4.90 Å². The molecule has 0 unspecified atom stereocenters. The number of carbonyl (C=O) groups is 1. The molecular weight excluding hydrogens is 212 g/mol. The highest BCUT2D eigenvalue weighted by molar-refractivity contribution is 5.92. The van der Waals surface area contributed by atoms with Gasteiger partial charge in [0.05, 0.1) is 0 Å². The molecule has 0 aromatic carbocycles. The SMILES string of the molecule is CN(C1=CC(=O)CC(C)(C)C1)c1ccccn1. The molecule has 3 heteroatoms. The zero-order chi connectivity index (χ0) is 12.5. The van der Waals surface area contributed by atoms with Crippen LogP contribution in [0.2, 0.25) is 0 Å². The van der Waals surface area contributed by atoms with Gasteiger partial charge in [-0.15, -0.1) is 0 Å². The van der Waals surface area contributed by atoms with Gasteiger partial charge in [0.2, 0.25) is 0 Å². The molecule has 17 heavy (non-hydrogen) atoms. The summed E-state index contributed by atoms with van der Waals surface area (Å²) in [6, 6.07) is 5.80. The molecule has 1 heterocycles. The lowest BCUT2D eigenvalue weighted by Crippen LogP contribution is -2.29. The quantitative estimate of drug-likeness (QED) is 0.783. The first kappa shape index (κ1) is 11.8. The van der Waals surface area contributed by atoms with E-state index >= 15 is 0 Å². The van der Waals surface area contributed by atoms with E-state index in [1.807, 2.05) is 30.1 Å². The summed E-state index contributed by atoms with van der Waals surface area (Å²) in [5.41, 5.74) is 1.09. The molecule has 0 saturated carbocycles. The number of carbonyl (C=O) groups excluding carboxylic acids is 1. The highest BCUT2D eigenvalue weighted by Gasteiger charge is 2.29. The van der Waals surface area contributed by atoms with Crippen LogP contribution < -0.4 is 4.90 Å². The van der Waals surface area contributed by atoms with Crippen LogP contribution in [0.25, 0.3) is 0 Å². The maximum absolute atomic E-state index is 11.7. The van der Waals surface area contributed by atoms with Gasteiger partial charge in [0, 0.05) is 31.4 Å². The van der Waals surface area contributed by atoms with Gasteiger partial charge in [-0.2, -0.15) is 0 Å². The van der Waals surface area contributed by atoms with Crippen LogP contribution in [0.4, 0.5) is 5.82 Å². The number of hydrogen-bond donors (Lipinski definition) is 0. The van der Waals surface area contributed by atoms with E-state index in [2.05, 4.69) is 18.8 Å². The number of anilines is 1. The predicted molar refractivity (Wildman–Crippen MR) is 68.7 cm³/mol. The first-order valence-electron chi connectivity index (χ1n) is 5.86. The summed E-state index contributed by atoms with van der Waals surface area (Å²) in [6.07, 6.45) is 5.06. The van der Waals surface area contributed by atoms with Gasteiger partial charge in [0.25, 0.3) is 0 Å². The number of aromatic nitrogens is 1. The Bertz CT molecular complexity index is 449. The third-order valence-corrected chi connectivity index (χ3v) is 3.06. The van der Waals surface area contributed by atoms with Crippen LogP contribution in [0.1, 0.15) is 26.7 Å². The summed E-state index contributed by atoms with van der Waals surface area (Å²) in [5.74, 6) is 1.09. The van der Waals surface area contributed by atoms with Gasteiger partial charge in [-0.05, 0) is 24.0 Å². The normalized spacial score (nSPS) is 18.8. The van der Waals surface area contributed by atoms with Crippen molar-refractivity contribution in [3.63, 3.8) is 0 Å². The predicted octanol–water partition coefficient (Wildman–Crippen LogP) is 2.79. The second-order valence-electron chi connectivity index (χ2n) is 5.37. The fourth-order valence-corrected chi connectivity index (χ4v) is 2.23. The molecule has 1 aromatic rings. The molecule has 1 aliphatic carbocycles. The van der Waals surface area contributed by atoms with E-state index in [4.69, 9.17) is 0 Å². The molecule has 1 aromatic heterocycles. The summed E-state index contributed by atoms with van der Waals surface area (Å²) in [5, 5.41) is 0. The Morgan fingerprint density at radius 3 is 2.65 bits per heavy atom. The van der Waals surface area contributed by atoms with Crippen molar-refractivity contribution in [3.8, 4) is 0 Å². The second-order valence-corrected chi connectivity index (χ2v) is 5.37. The van der Waals surface area contributed by atoms with Crippen LogP contribution in [0.15, 0.2) is 36.2 Å². The van der Waals surface area contributed by atoms with Crippen LogP contribution in [0.3, 0.4) is 0 Å². The zero-order valence-electron chi connectivity index (χ0n) is 10.6. The van der Waals surface area contributed by atoms with E-state index < -0.39 is 0 Å². The third-order valence-electron chi connectivity index (χ3n) is 3.06. The maximum Gasteiger partial charge on any atom is 0.157 e. The van der Waals surface area contributed by atoms with Crippen molar-refractivity contribution in [1.82, 2.24) is 4.98 Å². The molecule has 3 nitrogen and oxygen atoms in total. The first-order chi connectivity index (χ1) is 7.98. The highest BCUT2D eigenvalue weighted by atomic mass is 16.1. The van der Waals surface area contributed by atoms with Crippen molar-refractivity contribution < 1.29 is 4.79 Å². The third kappa shape index (κ3) is 2.73. The summed E-state index contributed by atoms with van der Waals surface area (Å²) in [4.78, 5) is 18.0. The summed E-state index contributed by atoms with van der Waals surface area (Å²) in [7, 11) is 1.96. The molecule has 0 spiro atoms. The number of hydrogen-bond acceptors (Lipinski definition) is 3. The molecule has 1 aliphatic rings. The van der Waals surface area contributed by atoms with E-state index in [0.29, 0.717) is 6.42 Å². The van der Waals surface area contributed by atoms with E-state index in [1.165, 1.54) is 0 Å². The minimum Gasteiger partial charge on any atom is -0.333 e. The minimum atomic E-state index is 0.0458. The Hall–Kier alpha value is -1.64. The fraction of sp³-hybridized carbons (Fsp3) is 0.429. The van der Waals surface area contributed by atoms with Gasteiger partial charge in [-0.1, -0.05) is 19.9 Å². The number of allylic oxidation sites excluding steroid dienone is 2. The van der Waals surface area contributed by atoms with Gasteiger partial charge >= 0.3 is 0 Å². The number of pyridine rings is 1. The van der Waals surface area contributed by atoms with Crippen molar-refractivity contribution in [3.05, 3.63) is 36.2 Å². The molecule has 0 fully saturated rings. The molecule has 90 valence electrons. The van der Waals surface area contributed by atoms with E-state index in [1.54, 1.807) is 12.3 Å². The molecular formula is C14H18N2O. The average Bonchev–Trinajstić information content (AvgIpc) is 2.26. The molecule has 0 saturated heterocycles. The molecule has 2 rings (SSSR count). The monoisotopic (exact) mass is 230 g/mol. The lowest BCUT2D eigenvalue weighted by atomic mass is 9.78. The lowest BCUT2D eigenvalue weighted by molar-refractivity contribution is -0.117. The lowest BCUT2D eigenvalue weighted by Gasteiger charge is -2.33. The van der Waals surface area contributed by atoms with Gasteiger partial charge in [0.15, 0.2) is 5.78 Å². The van der Waals surface area contributed by atoms with Crippen molar-refractivity contribution in [2.45, 2.75) is 26.7 Å². The summed E-state index contributed by atoms with van der Waals surface area (Å²) < 4.78 is 0. The highest BCUT2D eigenvalue weighted by Crippen LogP contribution is 2.35. The van der Waals surface area contributed by atoms with Gasteiger partial charge in [-0.25, -0.2) is 4.98 Å². The number of ketones is 1. The van der Waals surface area contributed by atoms with Crippen molar-refractivity contribution in [2.24, 2.45) is 5.41 Å². The van der Waals surface area contributed by atoms with Crippen LogP contribution in [0.5, 0.6) is 0 Å². The zero-order valence-corrected chi connectivity index (χ0v) is 10.6. The topological polar surface area (TPSA) is 33.2 Å². The Labute approximate surface area is 102 Å². The van der Waals surface area contributed by atoms with Gasteiger partial charge in [-0.3, -0.25) is 4.79 Å². The molecule has 0 atom stereocenters. The van der Waals surface area contributed by atoms with E-state index in [-0.39, 0.29) is 11.2 Å². The van der Waals surface area contributed by atoms with Crippen LogP contribution in [-0.4, -0.2) is 17.8 Å². The summed E-state index contributed by atoms with van der Waals surface area (Å²) in [6.45, 7) is 4.26. The maximum atomic E-state index is 11.7. The van der Waals surface area contributed by atoms with Crippen molar-refractivity contribution in [1.29, 1.82) is 0 Å². The molecule has 0 amide bonds. The second kappa shape index (κ2) is 4.32. The smallest absolute Gasteiger partial charge is 0.157 e. The Balaban J connectivity index is 2.26. The Morgan fingerprint density at radius 1 is 1.29 bits per heavy atom. The minimum absolute atomic E-state index is 0.0458. The fourth-order valence-electron chi connectivity index (χ4n) is 2.23. The first-order valence-corrected chi connectivity index (χ1v) is 5.86. The van der Waals surface area contributed by atoms with Gasteiger partial charge in [0.1, 0.15) is 5.82 Å². The Kier molecular flexibility index (Phi) is 3.01. The van der Waals surface area contributed by atoms with Crippen LogP contribution >= 0.6 is 0 Å². The molecule has 0 N–H and O–H groups in total. The summed E-state index contributed by atoms with van der Waals surface area (Å²) >= 11 is 0. The Morgan fingerprint density at radius 2 is 2.06 bits per heavy atom. The molecule has 0 bridgehead atoms. The standard InChI is InChI=1S/C14H18N2O/c1-14(2)9-11(8-12(17)10-14)16(3)13-6-4-5-7-15-13/h4-8H,9-10H2,1-3H3.